The Morgan fingerprint density at radius 3 is 2.62 bits per heavy atom. The van der Waals surface area contributed by atoms with Crippen molar-refractivity contribution in [3.63, 3.8) is 0 Å². The molecule has 0 amide bonds. The second-order valence-corrected chi connectivity index (χ2v) is 8.42. The molecule has 2 aromatic rings. The minimum absolute atomic E-state index is 0.105. The molecule has 0 radical (unpaired) electrons. The fraction of sp³-hybridized carbons (Fsp3) is 0.533. The zero-order valence-corrected chi connectivity index (χ0v) is 15.5. The summed E-state index contributed by atoms with van der Waals surface area (Å²) < 4.78 is 86.9. The van der Waals surface area contributed by atoms with Gasteiger partial charge in [0.1, 0.15) is 0 Å². The normalized spacial score (nSPS) is 23.4. The lowest BCUT2D eigenvalue weighted by molar-refractivity contribution is -0.0528. The molecule has 1 aliphatic carbocycles. The van der Waals surface area contributed by atoms with Crippen LogP contribution in [0, 0.1) is 5.41 Å². The van der Waals surface area contributed by atoms with Gasteiger partial charge in [0, 0.05) is 30.9 Å². The summed E-state index contributed by atoms with van der Waals surface area (Å²) in [5.41, 5.74) is -1.30. The molecular formula is C15H15F4N5O4S. The average molecular weight is 437 g/mol. The van der Waals surface area contributed by atoms with Crippen LogP contribution in [-0.4, -0.2) is 53.5 Å². The summed E-state index contributed by atoms with van der Waals surface area (Å²) in [5.74, 6) is -5.25. The number of pyridine rings is 1. The van der Waals surface area contributed by atoms with Crippen LogP contribution in [0.1, 0.15) is 24.6 Å². The first-order valence-corrected chi connectivity index (χ1v) is 9.95. The first-order valence-electron chi connectivity index (χ1n) is 8.45. The largest absolute Gasteiger partial charge is 0.417 e. The van der Waals surface area contributed by atoms with Gasteiger partial charge in [0.25, 0.3) is 22.0 Å². The molecule has 4 rings (SSSR count). The minimum atomic E-state index is -3.94. The third-order valence-electron chi connectivity index (χ3n) is 5.36. The molecule has 9 nitrogen and oxygen atoms in total. The molecule has 0 unspecified atom stereocenters. The number of nitrogens with zero attached hydrogens (tertiary/aromatic N) is 4. The van der Waals surface area contributed by atoms with Crippen molar-refractivity contribution < 1.29 is 35.2 Å². The number of rotatable bonds is 5. The van der Waals surface area contributed by atoms with Crippen LogP contribution >= 0.6 is 0 Å². The highest BCUT2D eigenvalue weighted by atomic mass is 32.2. The smallest absolute Gasteiger partial charge is 0.388 e. The summed E-state index contributed by atoms with van der Waals surface area (Å²) in [6.07, 6.45) is 0.965. The highest BCUT2D eigenvalue weighted by molar-refractivity contribution is 7.86. The summed E-state index contributed by atoms with van der Waals surface area (Å²) in [6, 6.07) is 2.50. The summed E-state index contributed by atoms with van der Waals surface area (Å²) in [7, 11) is -3.94. The number of hydrogen-bond donors (Lipinski definition) is 1. The van der Waals surface area contributed by atoms with E-state index in [1.807, 2.05) is 0 Å². The molecule has 0 aromatic carbocycles. The molecule has 2 N–H and O–H groups in total. The summed E-state index contributed by atoms with van der Waals surface area (Å²) >= 11 is 0. The predicted octanol–water partition coefficient (Wildman–Crippen LogP) is 1.75. The zero-order valence-electron chi connectivity index (χ0n) is 14.6. The number of piperidine rings is 1. The highest BCUT2D eigenvalue weighted by Crippen LogP contribution is 2.75. The van der Waals surface area contributed by atoms with Gasteiger partial charge in [-0.1, -0.05) is 5.16 Å². The molecule has 29 heavy (non-hydrogen) atoms. The Labute approximate surface area is 162 Å². The van der Waals surface area contributed by atoms with Gasteiger partial charge in [-0.2, -0.15) is 26.5 Å². The number of nitrogens with two attached hydrogens (primary N) is 1. The van der Waals surface area contributed by atoms with Crippen molar-refractivity contribution in [1.29, 1.82) is 0 Å². The number of alkyl halides is 4. The molecule has 158 valence electrons. The molecule has 1 spiro atoms. The molecule has 2 aromatic heterocycles. The Balaban J connectivity index is 1.55. The molecule has 1 saturated carbocycles. The van der Waals surface area contributed by atoms with Crippen LogP contribution < -0.4 is 9.88 Å². The Morgan fingerprint density at radius 1 is 1.31 bits per heavy atom. The number of hydrogen-bond acceptors (Lipinski definition) is 7. The van der Waals surface area contributed by atoms with E-state index < -0.39 is 34.1 Å². The molecular weight excluding hydrogens is 422 g/mol. The zero-order chi connectivity index (χ0) is 21.0. The van der Waals surface area contributed by atoms with Gasteiger partial charge in [-0.15, -0.1) is 0 Å². The average Bonchev–Trinajstić information content (AvgIpc) is 2.96. The van der Waals surface area contributed by atoms with Crippen LogP contribution in [0.5, 0.6) is 5.88 Å². The van der Waals surface area contributed by atoms with Crippen LogP contribution in [0.15, 0.2) is 22.9 Å². The van der Waals surface area contributed by atoms with Crippen molar-refractivity contribution in [3.8, 4) is 17.3 Å². The number of ether oxygens (including phenoxy) is 1. The second-order valence-electron chi connectivity index (χ2n) is 6.88. The summed E-state index contributed by atoms with van der Waals surface area (Å²) in [4.78, 5) is 7.59. The van der Waals surface area contributed by atoms with E-state index in [0.717, 1.165) is 10.4 Å². The van der Waals surface area contributed by atoms with Crippen LogP contribution in [0.2, 0.25) is 0 Å². The standard InChI is InChI=1S/C15H15F4N5O4S/c16-13(17)27-9-7-8(1-4-21-9)12-22-11(23-28-12)10-14(15(10,18)19)2-5-24(6-3-14)29(20,25)26/h1,4,7,10,13H,2-3,5-6H2,(H2,20,25,26)/t10-/m0/s1. The Morgan fingerprint density at radius 2 is 2.00 bits per heavy atom. The van der Waals surface area contributed by atoms with E-state index in [2.05, 4.69) is 19.9 Å². The van der Waals surface area contributed by atoms with Gasteiger partial charge in [-0.25, -0.2) is 18.9 Å². The minimum Gasteiger partial charge on any atom is -0.417 e. The molecule has 2 aliphatic rings. The van der Waals surface area contributed by atoms with Gasteiger partial charge >= 0.3 is 6.61 Å². The SMILES string of the molecule is NS(=O)(=O)N1CCC2(CC1)[C@H](c1noc(-c3ccnc(OC(F)F)c3)n1)C2(F)F. The van der Waals surface area contributed by atoms with E-state index in [0.29, 0.717) is 0 Å². The van der Waals surface area contributed by atoms with E-state index in [1.54, 1.807) is 0 Å². The van der Waals surface area contributed by atoms with Crippen molar-refractivity contribution in [2.24, 2.45) is 10.6 Å². The lowest BCUT2D eigenvalue weighted by Gasteiger charge is -2.30. The lowest BCUT2D eigenvalue weighted by atomic mass is 9.91. The van der Waals surface area contributed by atoms with E-state index in [9.17, 15) is 26.0 Å². The number of halogens is 4. The fourth-order valence-corrected chi connectivity index (χ4v) is 4.54. The molecule has 14 heteroatoms. The van der Waals surface area contributed by atoms with Crippen molar-refractivity contribution in [2.75, 3.05) is 13.1 Å². The molecule has 1 saturated heterocycles. The van der Waals surface area contributed by atoms with E-state index in [1.165, 1.54) is 12.3 Å². The topological polar surface area (TPSA) is 124 Å². The quantitative estimate of drug-likeness (QED) is 0.707. The van der Waals surface area contributed by atoms with Gasteiger partial charge in [0.05, 0.1) is 11.3 Å². The molecule has 1 aliphatic heterocycles. The van der Waals surface area contributed by atoms with Crippen molar-refractivity contribution in [1.82, 2.24) is 19.4 Å². The van der Waals surface area contributed by atoms with Gasteiger partial charge in [0.15, 0.2) is 5.82 Å². The lowest BCUT2D eigenvalue weighted by Crippen LogP contribution is -2.43. The number of aromatic nitrogens is 3. The molecule has 1 atom stereocenters. The monoisotopic (exact) mass is 437 g/mol. The van der Waals surface area contributed by atoms with Crippen molar-refractivity contribution >= 4 is 10.2 Å². The maximum Gasteiger partial charge on any atom is 0.388 e. The third-order valence-corrected chi connectivity index (χ3v) is 6.45. The van der Waals surface area contributed by atoms with Gasteiger partial charge in [-0.05, 0) is 18.9 Å². The Kier molecular flexibility index (Phi) is 4.55. The van der Waals surface area contributed by atoms with Crippen LogP contribution in [0.4, 0.5) is 17.6 Å². The maximum absolute atomic E-state index is 14.6. The summed E-state index contributed by atoms with van der Waals surface area (Å²) in [6.45, 7) is -3.34. The third kappa shape index (κ3) is 3.34. The first-order chi connectivity index (χ1) is 13.5. The van der Waals surface area contributed by atoms with Crippen LogP contribution in [-0.2, 0) is 10.2 Å². The predicted molar refractivity (Wildman–Crippen MR) is 88.2 cm³/mol. The van der Waals surface area contributed by atoms with Gasteiger partial charge < -0.3 is 9.26 Å². The molecule has 2 fully saturated rings. The highest BCUT2D eigenvalue weighted by Gasteiger charge is 2.82. The van der Waals surface area contributed by atoms with Crippen LogP contribution in [0.3, 0.4) is 0 Å². The Hall–Kier alpha value is -2.32. The van der Waals surface area contributed by atoms with Gasteiger partial charge in [0.2, 0.25) is 5.88 Å². The van der Waals surface area contributed by atoms with Crippen LogP contribution in [0.25, 0.3) is 11.5 Å². The van der Waals surface area contributed by atoms with E-state index in [-0.39, 0.29) is 49.1 Å². The Bertz CT molecular complexity index is 1020. The fourth-order valence-electron chi connectivity index (χ4n) is 3.85. The maximum atomic E-state index is 14.6. The first kappa shape index (κ1) is 20.0. The molecule has 0 bridgehead atoms. The van der Waals surface area contributed by atoms with Gasteiger partial charge in [-0.3, -0.25) is 0 Å². The second kappa shape index (κ2) is 6.60. The molecule has 3 heterocycles. The van der Waals surface area contributed by atoms with Crippen molar-refractivity contribution in [3.05, 3.63) is 24.2 Å². The van der Waals surface area contributed by atoms with E-state index in [4.69, 9.17) is 9.66 Å². The van der Waals surface area contributed by atoms with E-state index >= 15 is 0 Å². The summed E-state index contributed by atoms with van der Waals surface area (Å²) in [5, 5.41) is 8.68. The van der Waals surface area contributed by atoms with Crippen molar-refractivity contribution in [2.45, 2.75) is 31.3 Å².